The summed E-state index contributed by atoms with van der Waals surface area (Å²) in [6.45, 7) is 5.01. The van der Waals surface area contributed by atoms with Gasteiger partial charge in [0.2, 0.25) is 0 Å². The SMILES string of the molecule is CC(=O)[C@H](Cc1ccccc1)NC(=O)COC(=O)Cc1ccc(C)c(C)c1. The van der Waals surface area contributed by atoms with Crippen LogP contribution < -0.4 is 5.32 Å². The number of carbonyl (C=O) groups is 3. The van der Waals surface area contributed by atoms with Crippen molar-refractivity contribution in [2.75, 3.05) is 6.61 Å². The summed E-state index contributed by atoms with van der Waals surface area (Å²) in [5.74, 6) is -1.11. The zero-order valence-electron chi connectivity index (χ0n) is 16.0. The molecule has 0 saturated heterocycles. The Morgan fingerprint density at radius 3 is 2.30 bits per heavy atom. The summed E-state index contributed by atoms with van der Waals surface area (Å²) in [7, 11) is 0. The largest absolute Gasteiger partial charge is 0.455 e. The van der Waals surface area contributed by atoms with Crippen molar-refractivity contribution in [3.8, 4) is 0 Å². The first-order chi connectivity index (χ1) is 12.8. The van der Waals surface area contributed by atoms with E-state index in [1.165, 1.54) is 6.92 Å². The van der Waals surface area contributed by atoms with Gasteiger partial charge in [-0.05, 0) is 49.4 Å². The fourth-order valence-corrected chi connectivity index (χ4v) is 2.66. The number of carbonyl (C=O) groups excluding carboxylic acids is 3. The maximum Gasteiger partial charge on any atom is 0.310 e. The summed E-state index contributed by atoms with van der Waals surface area (Å²) in [6, 6.07) is 14.5. The van der Waals surface area contributed by atoms with Gasteiger partial charge in [0.05, 0.1) is 12.5 Å². The van der Waals surface area contributed by atoms with E-state index in [4.69, 9.17) is 4.74 Å². The highest BCUT2D eigenvalue weighted by atomic mass is 16.5. The molecular weight excluding hydrogens is 342 g/mol. The number of rotatable bonds is 8. The van der Waals surface area contributed by atoms with Crippen LogP contribution in [-0.2, 0) is 32.0 Å². The minimum Gasteiger partial charge on any atom is -0.455 e. The molecule has 0 heterocycles. The molecule has 0 saturated carbocycles. The zero-order valence-corrected chi connectivity index (χ0v) is 16.0. The Balaban J connectivity index is 1.83. The van der Waals surface area contributed by atoms with Crippen LogP contribution in [0.1, 0.15) is 29.2 Å². The van der Waals surface area contributed by atoms with Gasteiger partial charge in [-0.15, -0.1) is 0 Å². The molecule has 1 amide bonds. The number of amides is 1. The number of aryl methyl sites for hydroxylation is 2. The molecule has 0 aliphatic rings. The lowest BCUT2D eigenvalue weighted by Crippen LogP contribution is -2.43. The highest BCUT2D eigenvalue weighted by Gasteiger charge is 2.18. The lowest BCUT2D eigenvalue weighted by Gasteiger charge is -2.16. The van der Waals surface area contributed by atoms with Crippen molar-refractivity contribution >= 4 is 17.7 Å². The molecule has 0 unspecified atom stereocenters. The third kappa shape index (κ3) is 6.70. The predicted octanol–water partition coefficient (Wildman–Crippen LogP) is 2.71. The van der Waals surface area contributed by atoms with E-state index in [-0.39, 0.29) is 12.2 Å². The van der Waals surface area contributed by atoms with Gasteiger partial charge in [0.1, 0.15) is 0 Å². The number of hydrogen-bond acceptors (Lipinski definition) is 4. The molecule has 5 nitrogen and oxygen atoms in total. The maximum atomic E-state index is 12.1. The zero-order chi connectivity index (χ0) is 19.8. The number of ether oxygens (including phenoxy) is 1. The number of benzene rings is 2. The molecule has 0 aromatic heterocycles. The molecule has 1 N–H and O–H groups in total. The van der Waals surface area contributed by atoms with Crippen LogP contribution in [0.2, 0.25) is 0 Å². The fourth-order valence-electron chi connectivity index (χ4n) is 2.66. The smallest absolute Gasteiger partial charge is 0.310 e. The first kappa shape index (κ1) is 20.4. The van der Waals surface area contributed by atoms with Crippen LogP contribution in [0.3, 0.4) is 0 Å². The van der Waals surface area contributed by atoms with Gasteiger partial charge < -0.3 is 10.1 Å². The topological polar surface area (TPSA) is 72.5 Å². The molecule has 27 heavy (non-hydrogen) atoms. The first-order valence-corrected chi connectivity index (χ1v) is 8.90. The lowest BCUT2D eigenvalue weighted by molar-refractivity contribution is -0.148. The monoisotopic (exact) mass is 367 g/mol. The second-order valence-corrected chi connectivity index (χ2v) is 6.68. The Labute approximate surface area is 159 Å². The third-order valence-electron chi connectivity index (χ3n) is 4.39. The Bertz CT molecular complexity index is 814. The summed E-state index contributed by atoms with van der Waals surface area (Å²) in [4.78, 5) is 35.8. The molecule has 0 fully saturated rings. The third-order valence-corrected chi connectivity index (χ3v) is 4.39. The van der Waals surface area contributed by atoms with Crippen LogP contribution in [-0.4, -0.2) is 30.3 Å². The van der Waals surface area contributed by atoms with Gasteiger partial charge >= 0.3 is 5.97 Å². The fraction of sp³-hybridized carbons (Fsp3) is 0.318. The average molecular weight is 367 g/mol. The van der Waals surface area contributed by atoms with E-state index < -0.39 is 24.5 Å². The van der Waals surface area contributed by atoms with Gasteiger partial charge in [-0.2, -0.15) is 0 Å². The quantitative estimate of drug-likeness (QED) is 0.728. The highest BCUT2D eigenvalue weighted by molar-refractivity contribution is 5.89. The molecular formula is C22H25NO4. The summed E-state index contributed by atoms with van der Waals surface area (Å²) in [5, 5.41) is 2.64. The van der Waals surface area contributed by atoms with E-state index in [0.29, 0.717) is 6.42 Å². The lowest BCUT2D eigenvalue weighted by atomic mass is 10.0. The van der Waals surface area contributed by atoms with Crippen molar-refractivity contribution in [2.45, 2.75) is 39.7 Å². The predicted molar refractivity (Wildman–Crippen MR) is 103 cm³/mol. The molecule has 5 heteroatoms. The highest BCUT2D eigenvalue weighted by Crippen LogP contribution is 2.11. The van der Waals surface area contributed by atoms with Gasteiger partial charge in [0.15, 0.2) is 12.4 Å². The van der Waals surface area contributed by atoms with Crippen LogP contribution in [0.4, 0.5) is 0 Å². The molecule has 2 aromatic rings. The van der Waals surface area contributed by atoms with E-state index in [9.17, 15) is 14.4 Å². The van der Waals surface area contributed by atoms with Crippen molar-refractivity contribution in [1.29, 1.82) is 0 Å². The van der Waals surface area contributed by atoms with E-state index in [2.05, 4.69) is 5.32 Å². The molecule has 0 aliphatic carbocycles. The van der Waals surface area contributed by atoms with E-state index in [0.717, 1.165) is 22.3 Å². The average Bonchev–Trinajstić information content (AvgIpc) is 2.63. The van der Waals surface area contributed by atoms with E-state index in [1.54, 1.807) is 0 Å². The molecule has 142 valence electrons. The van der Waals surface area contributed by atoms with Crippen LogP contribution in [0.25, 0.3) is 0 Å². The first-order valence-electron chi connectivity index (χ1n) is 8.90. The number of Topliss-reactive ketones (excluding diaryl/α,β-unsaturated/α-hetero) is 1. The Morgan fingerprint density at radius 2 is 1.67 bits per heavy atom. The number of ketones is 1. The van der Waals surface area contributed by atoms with Crippen molar-refractivity contribution in [1.82, 2.24) is 5.32 Å². The minimum absolute atomic E-state index is 0.106. The van der Waals surface area contributed by atoms with Gasteiger partial charge in [-0.3, -0.25) is 14.4 Å². The Morgan fingerprint density at radius 1 is 0.963 bits per heavy atom. The Hall–Kier alpha value is -2.95. The van der Waals surface area contributed by atoms with Crippen molar-refractivity contribution in [3.05, 3.63) is 70.8 Å². The minimum atomic E-state index is -0.640. The molecule has 0 spiro atoms. The molecule has 1 atom stereocenters. The summed E-state index contributed by atoms with van der Waals surface area (Å²) < 4.78 is 5.05. The summed E-state index contributed by atoms with van der Waals surface area (Å²) in [5.41, 5.74) is 4.04. The normalized spacial score (nSPS) is 11.5. The molecule has 0 aliphatic heterocycles. The molecule has 0 radical (unpaired) electrons. The van der Waals surface area contributed by atoms with Crippen LogP contribution in [0.5, 0.6) is 0 Å². The van der Waals surface area contributed by atoms with Gasteiger partial charge in [-0.1, -0.05) is 48.5 Å². The Kier molecular flexibility index (Phi) is 7.29. The number of esters is 1. The van der Waals surface area contributed by atoms with Gasteiger partial charge in [0, 0.05) is 0 Å². The molecule has 0 bridgehead atoms. The van der Waals surface area contributed by atoms with Crippen molar-refractivity contribution in [3.63, 3.8) is 0 Å². The summed E-state index contributed by atoms with van der Waals surface area (Å²) in [6.07, 6.45) is 0.507. The van der Waals surface area contributed by atoms with Gasteiger partial charge in [-0.25, -0.2) is 0 Å². The van der Waals surface area contributed by atoms with Crippen LogP contribution >= 0.6 is 0 Å². The van der Waals surface area contributed by atoms with Crippen LogP contribution in [0, 0.1) is 13.8 Å². The van der Waals surface area contributed by atoms with Crippen LogP contribution in [0.15, 0.2) is 48.5 Å². The summed E-state index contributed by atoms with van der Waals surface area (Å²) >= 11 is 0. The second kappa shape index (κ2) is 9.67. The van der Waals surface area contributed by atoms with Crippen molar-refractivity contribution < 1.29 is 19.1 Å². The van der Waals surface area contributed by atoms with Crippen molar-refractivity contribution in [2.24, 2.45) is 0 Å². The number of nitrogens with one attached hydrogen (secondary N) is 1. The standard InChI is InChI=1S/C22H25NO4/c1-15-9-10-19(11-16(15)2)13-22(26)27-14-21(25)23-20(17(3)24)12-18-7-5-4-6-8-18/h4-11,20H,12-14H2,1-3H3,(H,23,25)/t20-/m0/s1. The maximum absolute atomic E-state index is 12.1. The molecule has 2 aromatic carbocycles. The van der Waals surface area contributed by atoms with E-state index >= 15 is 0 Å². The van der Waals surface area contributed by atoms with E-state index in [1.807, 2.05) is 62.4 Å². The van der Waals surface area contributed by atoms with Gasteiger partial charge in [0.25, 0.3) is 5.91 Å². The number of hydrogen-bond donors (Lipinski definition) is 1. The molecule has 2 rings (SSSR count). The second-order valence-electron chi connectivity index (χ2n) is 6.68.